The molecule has 3 heteroatoms. The fourth-order valence-electron chi connectivity index (χ4n) is 1.98. The maximum absolute atomic E-state index is 5.59. The first-order valence-corrected chi connectivity index (χ1v) is 5.95. The zero-order chi connectivity index (χ0) is 12.4. The van der Waals surface area contributed by atoms with Crippen molar-refractivity contribution in [2.24, 2.45) is 5.73 Å². The Labute approximate surface area is 102 Å². The highest BCUT2D eigenvalue weighted by Crippen LogP contribution is 2.17. The van der Waals surface area contributed by atoms with Crippen molar-refractivity contribution in [3.63, 3.8) is 0 Å². The summed E-state index contributed by atoms with van der Waals surface area (Å²) >= 11 is 0. The van der Waals surface area contributed by atoms with E-state index in [2.05, 4.69) is 43.2 Å². The van der Waals surface area contributed by atoms with Gasteiger partial charge in [0, 0.05) is 5.69 Å². The summed E-state index contributed by atoms with van der Waals surface area (Å²) in [6.07, 6.45) is 0.909. The summed E-state index contributed by atoms with van der Waals surface area (Å²) in [5, 5.41) is 4.57. The molecule has 0 spiro atoms. The quantitative estimate of drug-likeness (QED) is 0.877. The molecule has 2 N–H and O–H groups in total. The Morgan fingerprint density at radius 1 is 1.24 bits per heavy atom. The van der Waals surface area contributed by atoms with E-state index in [9.17, 15) is 0 Å². The van der Waals surface area contributed by atoms with Gasteiger partial charge in [-0.1, -0.05) is 12.1 Å². The summed E-state index contributed by atoms with van der Waals surface area (Å²) in [6, 6.07) is 8.41. The van der Waals surface area contributed by atoms with E-state index in [1.807, 2.05) is 11.6 Å². The molecule has 2 rings (SSSR count). The SMILES string of the molecule is Cc1nn(-c2cccc(CCN)c2)c(C)c1C. The second-order valence-electron chi connectivity index (χ2n) is 4.42. The Morgan fingerprint density at radius 3 is 2.59 bits per heavy atom. The van der Waals surface area contributed by atoms with Crippen LogP contribution in [-0.2, 0) is 6.42 Å². The molecule has 0 aliphatic rings. The highest BCUT2D eigenvalue weighted by Gasteiger charge is 2.08. The van der Waals surface area contributed by atoms with Gasteiger partial charge in [-0.3, -0.25) is 0 Å². The van der Waals surface area contributed by atoms with Crippen LogP contribution in [0.5, 0.6) is 0 Å². The van der Waals surface area contributed by atoms with Gasteiger partial charge in [-0.05, 0) is 57.0 Å². The summed E-state index contributed by atoms with van der Waals surface area (Å²) in [5.74, 6) is 0. The normalized spacial score (nSPS) is 10.8. The third-order valence-electron chi connectivity index (χ3n) is 3.24. The van der Waals surface area contributed by atoms with E-state index in [1.54, 1.807) is 0 Å². The Balaban J connectivity index is 2.45. The fraction of sp³-hybridized carbons (Fsp3) is 0.357. The van der Waals surface area contributed by atoms with Crippen molar-refractivity contribution in [1.82, 2.24) is 9.78 Å². The number of aromatic nitrogens is 2. The van der Waals surface area contributed by atoms with Gasteiger partial charge in [0.2, 0.25) is 0 Å². The maximum Gasteiger partial charge on any atom is 0.0651 e. The fourth-order valence-corrected chi connectivity index (χ4v) is 1.98. The Morgan fingerprint density at radius 2 is 2.00 bits per heavy atom. The van der Waals surface area contributed by atoms with Crippen molar-refractivity contribution in [2.45, 2.75) is 27.2 Å². The van der Waals surface area contributed by atoms with Gasteiger partial charge in [0.15, 0.2) is 0 Å². The Bertz CT molecular complexity index is 526. The first-order valence-electron chi connectivity index (χ1n) is 5.95. The van der Waals surface area contributed by atoms with Crippen molar-refractivity contribution in [3.8, 4) is 5.69 Å². The molecule has 1 aromatic carbocycles. The van der Waals surface area contributed by atoms with Crippen molar-refractivity contribution in [1.29, 1.82) is 0 Å². The van der Waals surface area contributed by atoms with E-state index in [0.717, 1.165) is 17.8 Å². The van der Waals surface area contributed by atoms with Crippen LogP contribution in [0.25, 0.3) is 5.69 Å². The molecule has 0 amide bonds. The number of benzene rings is 1. The molecule has 0 aliphatic heterocycles. The molecule has 17 heavy (non-hydrogen) atoms. The number of hydrogen-bond acceptors (Lipinski definition) is 2. The molecule has 0 radical (unpaired) electrons. The molecule has 2 aromatic rings. The van der Waals surface area contributed by atoms with Gasteiger partial charge in [0.05, 0.1) is 11.4 Å². The minimum atomic E-state index is 0.680. The van der Waals surface area contributed by atoms with E-state index in [1.165, 1.54) is 16.8 Å². The predicted octanol–water partition coefficient (Wildman–Crippen LogP) is 2.30. The Hall–Kier alpha value is -1.61. The lowest BCUT2D eigenvalue weighted by atomic mass is 10.1. The largest absolute Gasteiger partial charge is 0.330 e. The second kappa shape index (κ2) is 4.72. The topological polar surface area (TPSA) is 43.8 Å². The number of aryl methyl sites for hydroxylation is 1. The van der Waals surface area contributed by atoms with Crippen LogP contribution in [0, 0.1) is 20.8 Å². The average molecular weight is 229 g/mol. The zero-order valence-corrected chi connectivity index (χ0v) is 10.7. The first kappa shape index (κ1) is 11.9. The van der Waals surface area contributed by atoms with E-state index in [-0.39, 0.29) is 0 Å². The van der Waals surface area contributed by atoms with Crippen molar-refractivity contribution < 1.29 is 0 Å². The van der Waals surface area contributed by atoms with Gasteiger partial charge >= 0.3 is 0 Å². The van der Waals surface area contributed by atoms with Crippen LogP contribution in [0.3, 0.4) is 0 Å². The van der Waals surface area contributed by atoms with Gasteiger partial charge in [0.1, 0.15) is 0 Å². The van der Waals surface area contributed by atoms with Crippen LogP contribution in [0.4, 0.5) is 0 Å². The van der Waals surface area contributed by atoms with Gasteiger partial charge < -0.3 is 5.73 Å². The highest BCUT2D eigenvalue weighted by molar-refractivity contribution is 5.39. The third kappa shape index (κ3) is 2.24. The molecule has 0 unspecified atom stereocenters. The van der Waals surface area contributed by atoms with Gasteiger partial charge in [-0.25, -0.2) is 4.68 Å². The van der Waals surface area contributed by atoms with Crippen molar-refractivity contribution in [2.75, 3.05) is 6.54 Å². The monoisotopic (exact) mass is 229 g/mol. The Kier molecular flexibility index (Phi) is 3.29. The smallest absolute Gasteiger partial charge is 0.0651 e. The summed E-state index contributed by atoms with van der Waals surface area (Å²) in [4.78, 5) is 0. The molecule has 0 aliphatic carbocycles. The summed E-state index contributed by atoms with van der Waals surface area (Å²) < 4.78 is 2.00. The van der Waals surface area contributed by atoms with Gasteiger partial charge in [0.25, 0.3) is 0 Å². The third-order valence-corrected chi connectivity index (χ3v) is 3.24. The van der Waals surface area contributed by atoms with Crippen LogP contribution < -0.4 is 5.73 Å². The lowest BCUT2D eigenvalue weighted by Crippen LogP contribution is -2.04. The molecule has 1 aromatic heterocycles. The van der Waals surface area contributed by atoms with E-state index in [4.69, 9.17) is 5.73 Å². The lowest BCUT2D eigenvalue weighted by molar-refractivity contribution is 0.829. The summed E-state index contributed by atoms with van der Waals surface area (Å²) in [5.41, 5.74) is 11.5. The first-order chi connectivity index (χ1) is 8.13. The number of hydrogen-bond donors (Lipinski definition) is 1. The molecule has 1 heterocycles. The molecular weight excluding hydrogens is 210 g/mol. The van der Waals surface area contributed by atoms with Crippen molar-refractivity contribution in [3.05, 3.63) is 46.8 Å². The molecule has 90 valence electrons. The van der Waals surface area contributed by atoms with Crippen LogP contribution in [-0.4, -0.2) is 16.3 Å². The van der Waals surface area contributed by atoms with Gasteiger partial charge in [-0.2, -0.15) is 5.10 Å². The van der Waals surface area contributed by atoms with Crippen LogP contribution in [0.2, 0.25) is 0 Å². The molecule has 0 atom stereocenters. The molecule has 3 nitrogen and oxygen atoms in total. The number of rotatable bonds is 3. The standard InChI is InChI=1S/C14H19N3/c1-10-11(2)16-17(12(10)3)14-6-4-5-13(9-14)7-8-15/h4-6,9H,7-8,15H2,1-3H3. The average Bonchev–Trinajstić information content (AvgIpc) is 2.58. The minimum Gasteiger partial charge on any atom is -0.330 e. The lowest BCUT2D eigenvalue weighted by Gasteiger charge is -2.07. The van der Waals surface area contributed by atoms with Gasteiger partial charge in [-0.15, -0.1) is 0 Å². The molecule has 0 fully saturated rings. The summed E-state index contributed by atoms with van der Waals surface area (Å²) in [6.45, 7) is 6.94. The molecule has 0 bridgehead atoms. The maximum atomic E-state index is 5.59. The highest BCUT2D eigenvalue weighted by atomic mass is 15.3. The van der Waals surface area contributed by atoms with Crippen LogP contribution >= 0.6 is 0 Å². The zero-order valence-electron chi connectivity index (χ0n) is 10.7. The van der Waals surface area contributed by atoms with E-state index in [0.29, 0.717) is 6.54 Å². The van der Waals surface area contributed by atoms with Crippen LogP contribution in [0.15, 0.2) is 24.3 Å². The molecular formula is C14H19N3. The second-order valence-corrected chi connectivity index (χ2v) is 4.42. The van der Waals surface area contributed by atoms with E-state index < -0.39 is 0 Å². The predicted molar refractivity (Wildman–Crippen MR) is 70.5 cm³/mol. The molecule has 0 saturated heterocycles. The summed E-state index contributed by atoms with van der Waals surface area (Å²) in [7, 11) is 0. The number of nitrogens with zero attached hydrogens (tertiary/aromatic N) is 2. The minimum absolute atomic E-state index is 0.680. The molecule has 0 saturated carbocycles. The number of nitrogens with two attached hydrogens (primary N) is 1. The van der Waals surface area contributed by atoms with Crippen molar-refractivity contribution >= 4 is 0 Å². The van der Waals surface area contributed by atoms with E-state index >= 15 is 0 Å². The van der Waals surface area contributed by atoms with Crippen LogP contribution in [0.1, 0.15) is 22.5 Å².